The lowest BCUT2D eigenvalue weighted by Gasteiger charge is -2.16. The topological polar surface area (TPSA) is 93.7 Å². The van der Waals surface area contributed by atoms with E-state index in [2.05, 4.69) is 15.4 Å². The molecule has 0 saturated carbocycles. The Hall–Kier alpha value is -3.73. The maximum absolute atomic E-state index is 12.6. The quantitative estimate of drug-likeness (QED) is 0.388. The zero-order valence-corrected chi connectivity index (χ0v) is 20.6. The van der Waals surface area contributed by atoms with Gasteiger partial charge in [0.1, 0.15) is 24.0 Å². The van der Waals surface area contributed by atoms with Crippen molar-refractivity contribution in [3.8, 4) is 11.5 Å². The van der Waals surface area contributed by atoms with Gasteiger partial charge >= 0.3 is 6.36 Å². The van der Waals surface area contributed by atoms with Crippen LogP contribution in [0.1, 0.15) is 27.0 Å². The number of nitrogens with one attached hydrogen (secondary N) is 2. The van der Waals surface area contributed by atoms with Crippen molar-refractivity contribution in [2.75, 3.05) is 22.8 Å². The van der Waals surface area contributed by atoms with Crippen LogP contribution >= 0.6 is 0 Å². The number of hydrogen-bond acceptors (Lipinski definition) is 6. The number of ether oxygens (including phenoxy) is 2. The standard InChI is InChI=1S/C25H25F3N2O5S/c1-16-4-5-17(2)19(12-16)14-34-23-13-20(8-11-22(23)29-15-36(3,32)33)30-24(31)18-6-9-21(10-7-18)35-25(26,27)28/h4-13,29H,14-15H2,1-3H3,(H,30,31). The third-order valence-corrected chi connectivity index (χ3v) is 5.67. The Morgan fingerprint density at radius 1 is 0.972 bits per heavy atom. The Balaban J connectivity index is 1.79. The predicted molar refractivity (Wildman–Crippen MR) is 131 cm³/mol. The Morgan fingerprint density at radius 2 is 1.67 bits per heavy atom. The van der Waals surface area contributed by atoms with E-state index in [4.69, 9.17) is 4.74 Å². The fourth-order valence-electron chi connectivity index (χ4n) is 3.20. The third-order valence-electron chi connectivity index (χ3n) is 5.00. The molecule has 0 bridgehead atoms. The molecule has 0 saturated heterocycles. The van der Waals surface area contributed by atoms with Gasteiger partial charge in [0.2, 0.25) is 0 Å². The predicted octanol–water partition coefficient (Wildman–Crippen LogP) is 5.45. The molecule has 192 valence electrons. The van der Waals surface area contributed by atoms with Crippen molar-refractivity contribution in [2.45, 2.75) is 26.8 Å². The maximum Gasteiger partial charge on any atom is 0.573 e. The summed E-state index contributed by atoms with van der Waals surface area (Å²) in [7, 11) is -3.32. The molecule has 0 aromatic heterocycles. The fourth-order valence-corrected chi connectivity index (χ4v) is 3.61. The summed E-state index contributed by atoms with van der Waals surface area (Å²) in [5.74, 6) is -1.01. The number of alkyl halides is 3. The SMILES string of the molecule is Cc1ccc(C)c(COc2cc(NC(=O)c3ccc(OC(F)(F)F)cc3)ccc2NCS(C)(=O)=O)c1. The molecule has 0 aliphatic carbocycles. The number of rotatable bonds is 9. The van der Waals surface area contributed by atoms with Gasteiger partial charge in [-0.1, -0.05) is 23.8 Å². The van der Waals surface area contributed by atoms with Crippen molar-refractivity contribution in [3.63, 3.8) is 0 Å². The number of carbonyl (C=O) groups excluding carboxylic acids is 1. The highest BCUT2D eigenvalue weighted by Gasteiger charge is 2.31. The molecule has 0 unspecified atom stereocenters. The average molecular weight is 523 g/mol. The molecular formula is C25H25F3N2O5S. The van der Waals surface area contributed by atoms with E-state index < -0.39 is 27.9 Å². The van der Waals surface area contributed by atoms with Crippen LogP contribution in [0.3, 0.4) is 0 Å². The Morgan fingerprint density at radius 3 is 2.31 bits per heavy atom. The second-order valence-corrected chi connectivity index (χ2v) is 10.3. The summed E-state index contributed by atoms with van der Waals surface area (Å²) >= 11 is 0. The molecule has 7 nitrogen and oxygen atoms in total. The highest BCUT2D eigenvalue weighted by atomic mass is 32.2. The summed E-state index contributed by atoms with van der Waals surface area (Å²) in [4.78, 5) is 12.6. The van der Waals surface area contributed by atoms with Crippen LogP contribution in [-0.2, 0) is 16.4 Å². The zero-order valence-electron chi connectivity index (χ0n) is 19.8. The zero-order chi connectivity index (χ0) is 26.5. The summed E-state index contributed by atoms with van der Waals surface area (Å²) in [6, 6.07) is 15.1. The number of aryl methyl sites for hydroxylation is 2. The summed E-state index contributed by atoms with van der Waals surface area (Å²) < 4.78 is 70.0. The van der Waals surface area contributed by atoms with Crippen molar-refractivity contribution in [1.82, 2.24) is 0 Å². The Bertz CT molecular complexity index is 1340. The molecule has 0 radical (unpaired) electrons. The number of anilines is 2. The van der Waals surface area contributed by atoms with E-state index in [0.717, 1.165) is 35.1 Å². The van der Waals surface area contributed by atoms with Crippen LogP contribution < -0.4 is 20.1 Å². The van der Waals surface area contributed by atoms with E-state index in [1.807, 2.05) is 32.0 Å². The van der Waals surface area contributed by atoms with Crippen LogP contribution in [0.2, 0.25) is 0 Å². The van der Waals surface area contributed by atoms with Crippen LogP contribution in [0.5, 0.6) is 11.5 Å². The van der Waals surface area contributed by atoms with Gasteiger partial charge in [-0.05, 0) is 61.4 Å². The summed E-state index contributed by atoms with van der Waals surface area (Å²) in [5, 5.41) is 5.48. The minimum absolute atomic E-state index is 0.113. The molecule has 3 aromatic carbocycles. The molecule has 3 aromatic rings. The molecule has 2 N–H and O–H groups in total. The number of hydrogen-bond donors (Lipinski definition) is 2. The van der Waals surface area contributed by atoms with Crippen LogP contribution in [0.4, 0.5) is 24.5 Å². The average Bonchev–Trinajstić information content (AvgIpc) is 2.78. The molecular weight excluding hydrogens is 497 g/mol. The second kappa shape index (κ2) is 10.9. The van der Waals surface area contributed by atoms with Gasteiger partial charge in [0.05, 0.1) is 5.69 Å². The van der Waals surface area contributed by atoms with Crippen LogP contribution in [-0.4, -0.2) is 32.8 Å². The van der Waals surface area contributed by atoms with Crippen molar-refractivity contribution >= 4 is 27.1 Å². The monoisotopic (exact) mass is 522 g/mol. The normalized spacial score (nSPS) is 11.6. The smallest absolute Gasteiger partial charge is 0.487 e. The summed E-state index contributed by atoms with van der Waals surface area (Å²) in [6.07, 6.45) is -3.74. The fraction of sp³-hybridized carbons (Fsp3) is 0.240. The largest absolute Gasteiger partial charge is 0.573 e. The highest BCUT2D eigenvalue weighted by Crippen LogP contribution is 2.30. The van der Waals surface area contributed by atoms with E-state index in [1.54, 1.807) is 12.1 Å². The van der Waals surface area contributed by atoms with Gasteiger partial charge in [0.25, 0.3) is 5.91 Å². The first-order valence-electron chi connectivity index (χ1n) is 10.7. The van der Waals surface area contributed by atoms with Crippen molar-refractivity contribution in [2.24, 2.45) is 0 Å². The van der Waals surface area contributed by atoms with E-state index in [1.165, 1.54) is 18.2 Å². The number of benzene rings is 3. The van der Waals surface area contributed by atoms with Crippen molar-refractivity contribution < 1.29 is 35.9 Å². The van der Waals surface area contributed by atoms with Crippen molar-refractivity contribution in [1.29, 1.82) is 0 Å². The van der Waals surface area contributed by atoms with Gasteiger partial charge < -0.3 is 20.1 Å². The van der Waals surface area contributed by atoms with Gasteiger partial charge in [-0.2, -0.15) is 0 Å². The Kier molecular flexibility index (Phi) is 8.13. The maximum atomic E-state index is 12.6. The van der Waals surface area contributed by atoms with Gasteiger partial charge in [0, 0.05) is 23.6 Å². The highest BCUT2D eigenvalue weighted by molar-refractivity contribution is 7.90. The first-order chi connectivity index (χ1) is 16.8. The first kappa shape index (κ1) is 26.9. The molecule has 1 amide bonds. The molecule has 0 spiro atoms. The number of carbonyl (C=O) groups is 1. The molecule has 36 heavy (non-hydrogen) atoms. The second-order valence-electron chi connectivity index (χ2n) is 8.20. The minimum atomic E-state index is -4.83. The molecule has 0 aliphatic heterocycles. The lowest BCUT2D eigenvalue weighted by atomic mass is 10.1. The van der Waals surface area contributed by atoms with Crippen LogP contribution in [0, 0.1) is 13.8 Å². The number of sulfone groups is 1. The first-order valence-corrected chi connectivity index (χ1v) is 12.8. The molecule has 0 atom stereocenters. The van der Waals surface area contributed by atoms with Crippen LogP contribution in [0.25, 0.3) is 0 Å². The van der Waals surface area contributed by atoms with E-state index in [0.29, 0.717) is 17.1 Å². The molecule has 11 heteroatoms. The van der Waals surface area contributed by atoms with E-state index in [9.17, 15) is 26.4 Å². The lowest BCUT2D eigenvalue weighted by molar-refractivity contribution is -0.274. The van der Waals surface area contributed by atoms with Gasteiger partial charge in [-0.15, -0.1) is 13.2 Å². The van der Waals surface area contributed by atoms with Gasteiger partial charge in [-0.25, -0.2) is 8.42 Å². The lowest BCUT2D eigenvalue weighted by Crippen LogP contribution is -2.17. The van der Waals surface area contributed by atoms with Crippen LogP contribution in [0.15, 0.2) is 60.7 Å². The van der Waals surface area contributed by atoms with E-state index in [-0.39, 0.29) is 18.0 Å². The summed E-state index contributed by atoms with van der Waals surface area (Å²) in [6.45, 7) is 4.11. The Labute approximate surface area is 207 Å². The third kappa shape index (κ3) is 8.19. The molecule has 0 fully saturated rings. The minimum Gasteiger partial charge on any atom is -0.487 e. The van der Waals surface area contributed by atoms with Crippen molar-refractivity contribution in [3.05, 3.63) is 82.9 Å². The number of amides is 1. The molecule has 0 aliphatic rings. The summed E-state index contributed by atoms with van der Waals surface area (Å²) in [5.41, 5.74) is 3.89. The van der Waals surface area contributed by atoms with Gasteiger partial charge in [-0.3, -0.25) is 4.79 Å². The number of halogens is 3. The van der Waals surface area contributed by atoms with Gasteiger partial charge in [0.15, 0.2) is 9.84 Å². The molecule has 0 heterocycles. The van der Waals surface area contributed by atoms with E-state index >= 15 is 0 Å². The molecule has 3 rings (SSSR count).